The number of anilines is 3. The first kappa shape index (κ1) is 15.3. The third kappa shape index (κ3) is 4.16. The lowest BCUT2D eigenvalue weighted by molar-refractivity contribution is 0.210. The zero-order chi connectivity index (χ0) is 15.1. The van der Waals surface area contributed by atoms with E-state index in [9.17, 15) is 0 Å². The summed E-state index contributed by atoms with van der Waals surface area (Å²) in [4.78, 5) is 8.67. The van der Waals surface area contributed by atoms with E-state index in [1.165, 1.54) is 11.1 Å². The van der Waals surface area contributed by atoms with Crippen LogP contribution in [0.15, 0.2) is 30.5 Å². The molecule has 21 heavy (non-hydrogen) atoms. The van der Waals surface area contributed by atoms with Gasteiger partial charge in [0, 0.05) is 25.5 Å². The number of rotatable bonds is 7. The lowest BCUT2D eigenvalue weighted by atomic mass is 10.1. The molecule has 0 aliphatic carbocycles. The zero-order valence-corrected chi connectivity index (χ0v) is 12.8. The van der Waals surface area contributed by atoms with Crippen molar-refractivity contribution < 1.29 is 4.74 Å². The number of hydrogen-bond donors (Lipinski definition) is 2. The average Bonchev–Trinajstić information content (AvgIpc) is 2.50. The molecule has 1 heterocycles. The molecule has 5 nitrogen and oxygen atoms in total. The Morgan fingerprint density at radius 2 is 2.10 bits per heavy atom. The average molecular weight is 286 g/mol. The Morgan fingerprint density at radius 3 is 2.86 bits per heavy atom. The summed E-state index contributed by atoms with van der Waals surface area (Å²) in [7, 11) is 1.67. The highest BCUT2D eigenvalue weighted by Gasteiger charge is 2.06. The second-order valence-corrected chi connectivity index (χ2v) is 4.77. The molecule has 5 heteroatoms. The van der Waals surface area contributed by atoms with Gasteiger partial charge in [-0.15, -0.1) is 0 Å². The summed E-state index contributed by atoms with van der Waals surface area (Å²) in [5.74, 6) is 1.39. The van der Waals surface area contributed by atoms with Gasteiger partial charge in [-0.05, 0) is 30.5 Å². The quantitative estimate of drug-likeness (QED) is 0.766. The van der Waals surface area contributed by atoms with Crippen LogP contribution in [0.3, 0.4) is 0 Å². The van der Waals surface area contributed by atoms with Crippen molar-refractivity contribution >= 4 is 17.5 Å². The summed E-state index contributed by atoms with van der Waals surface area (Å²) in [5, 5.41) is 6.53. The molecule has 112 valence electrons. The van der Waals surface area contributed by atoms with E-state index < -0.39 is 0 Å². The Morgan fingerprint density at radius 1 is 1.24 bits per heavy atom. The minimum absolute atomic E-state index is 0.601. The van der Waals surface area contributed by atoms with Crippen LogP contribution in [0.1, 0.15) is 18.1 Å². The highest BCUT2D eigenvalue weighted by atomic mass is 16.5. The zero-order valence-electron chi connectivity index (χ0n) is 12.8. The molecule has 0 amide bonds. The summed E-state index contributed by atoms with van der Waals surface area (Å²) in [6.07, 6.45) is 2.72. The van der Waals surface area contributed by atoms with Gasteiger partial charge in [-0.3, -0.25) is 0 Å². The van der Waals surface area contributed by atoms with Gasteiger partial charge in [0.15, 0.2) is 0 Å². The molecular formula is C16H22N4O. The molecule has 0 fully saturated rings. The van der Waals surface area contributed by atoms with Gasteiger partial charge >= 0.3 is 0 Å². The first-order valence-corrected chi connectivity index (χ1v) is 7.16. The highest BCUT2D eigenvalue weighted by molar-refractivity contribution is 5.65. The summed E-state index contributed by atoms with van der Waals surface area (Å²) in [6, 6.07) is 8.18. The monoisotopic (exact) mass is 286 g/mol. The van der Waals surface area contributed by atoms with Gasteiger partial charge in [0.25, 0.3) is 0 Å². The van der Waals surface area contributed by atoms with Gasteiger partial charge in [-0.25, -0.2) is 4.98 Å². The van der Waals surface area contributed by atoms with Crippen molar-refractivity contribution in [3.8, 4) is 0 Å². The number of nitrogens with one attached hydrogen (secondary N) is 2. The number of methoxy groups -OCH3 is 1. The van der Waals surface area contributed by atoms with Crippen LogP contribution >= 0.6 is 0 Å². The predicted molar refractivity (Wildman–Crippen MR) is 86.2 cm³/mol. The van der Waals surface area contributed by atoms with Crippen molar-refractivity contribution in [1.29, 1.82) is 0 Å². The molecule has 0 atom stereocenters. The molecule has 2 aromatic rings. The van der Waals surface area contributed by atoms with Crippen LogP contribution in [-0.2, 0) is 11.2 Å². The van der Waals surface area contributed by atoms with Crippen molar-refractivity contribution in [3.05, 3.63) is 41.6 Å². The molecule has 0 aliphatic heterocycles. The van der Waals surface area contributed by atoms with Crippen LogP contribution in [0.25, 0.3) is 0 Å². The lowest BCUT2D eigenvalue weighted by Crippen LogP contribution is -2.10. The number of ether oxygens (including phenoxy) is 1. The second kappa shape index (κ2) is 7.59. The van der Waals surface area contributed by atoms with Crippen molar-refractivity contribution in [2.75, 3.05) is 30.9 Å². The SMILES string of the molecule is CCc1cccc(C)c1Nc1ccnc(NCCOC)n1. The molecule has 0 radical (unpaired) electrons. The van der Waals surface area contributed by atoms with E-state index in [1.54, 1.807) is 13.3 Å². The molecule has 0 saturated heterocycles. The second-order valence-electron chi connectivity index (χ2n) is 4.77. The van der Waals surface area contributed by atoms with Gasteiger partial charge in [-0.2, -0.15) is 4.98 Å². The number of aromatic nitrogens is 2. The molecule has 0 aliphatic rings. The number of hydrogen-bond acceptors (Lipinski definition) is 5. The first-order valence-electron chi connectivity index (χ1n) is 7.16. The third-order valence-corrected chi connectivity index (χ3v) is 3.24. The highest BCUT2D eigenvalue weighted by Crippen LogP contribution is 2.24. The van der Waals surface area contributed by atoms with E-state index in [0.717, 1.165) is 17.9 Å². The Kier molecular flexibility index (Phi) is 5.51. The molecule has 0 unspecified atom stereocenters. The topological polar surface area (TPSA) is 59.1 Å². The Hall–Kier alpha value is -2.14. The summed E-state index contributed by atoms with van der Waals surface area (Å²) < 4.78 is 5.00. The standard InChI is InChI=1S/C16H22N4O/c1-4-13-7-5-6-12(2)15(13)19-14-8-9-17-16(20-14)18-10-11-21-3/h5-9H,4,10-11H2,1-3H3,(H2,17,18,19,20). The minimum Gasteiger partial charge on any atom is -0.383 e. The van der Waals surface area contributed by atoms with E-state index in [0.29, 0.717) is 19.1 Å². The number of para-hydroxylation sites is 1. The third-order valence-electron chi connectivity index (χ3n) is 3.24. The number of aryl methyl sites for hydroxylation is 2. The maximum absolute atomic E-state index is 5.00. The van der Waals surface area contributed by atoms with E-state index in [1.807, 2.05) is 6.07 Å². The van der Waals surface area contributed by atoms with E-state index >= 15 is 0 Å². The Balaban J connectivity index is 2.14. The first-order chi connectivity index (χ1) is 10.2. The molecule has 0 bridgehead atoms. The lowest BCUT2D eigenvalue weighted by Gasteiger charge is -2.14. The number of nitrogens with zero attached hydrogens (tertiary/aromatic N) is 2. The van der Waals surface area contributed by atoms with Gasteiger partial charge < -0.3 is 15.4 Å². The molecule has 0 spiro atoms. The van der Waals surface area contributed by atoms with Crippen molar-refractivity contribution in [2.45, 2.75) is 20.3 Å². The van der Waals surface area contributed by atoms with Crippen LogP contribution in [-0.4, -0.2) is 30.2 Å². The summed E-state index contributed by atoms with van der Waals surface area (Å²) in [5.41, 5.74) is 3.62. The maximum atomic E-state index is 5.00. The molecule has 0 saturated carbocycles. The molecule has 2 N–H and O–H groups in total. The maximum Gasteiger partial charge on any atom is 0.224 e. The Bertz CT molecular complexity index is 586. The predicted octanol–water partition coefficient (Wildman–Crippen LogP) is 3.15. The fourth-order valence-electron chi connectivity index (χ4n) is 2.11. The van der Waals surface area contributed by atoms with Crippen molar-refractivity contribution in [1.82, 2.24) is 9.97 Å². The normalized spacial score (nSPS) is 10.4. The van der Waals surface area contributed by atoms with Gasteiger partial charge in [-0.1, -0.05) is 25.1 Å². The van der Waals surface area contributed by atoms with Crippen LogP contribution < -0.4 is 10.6 Å². The summed E-state index contributed by atoms with van der Waals surface area (Å²) >= 11 is 0. The summed E-state index contributed by atoms with van der Waals surface area (Å²) in [6.45, 7) is 5.56. The molecular weight excluding hydrogens is 264 g/mol. The van der Waals surface area contributed by atoms with Crippen LogP contribution in [0.4, 0.5) is 17.5 Å². The molecule has 1 aromatic heterocycles. The van der Waals surface area contributed by atoms with Crippen LogP contribution in [0, 0.1) is 6.92 Å². The minimum atomic E-state index is 0.601. The fourth-order valence-corrected chi connectivity index (χ4v) is 2.11. The van der Waals surface area contributed by atoms with E-state index in [4.69, 9.17) is 4.74 Å². The largest absolute Gasteiger partial charge is 0.383 e. The van der Waals surface area contributed by atoms with Gasteiger partial charge in [0.1, 0.15) is 5.82 Å². The van der Waals surface area contributed by atoms with Crippen molar-refractivity contribution in [2.24, 2.45) is 0 Å². The number of benzene rings is 1. The fraction of sp³-hybridized carbons (Fsp3) is 0.375. The van der Waals surface area contributed by atoms with E-state index in [2.05, 4.69) is 52.6 Å². The molecule has 2 rings (SSSR count). The van der Waals surface area contributed by atoms with Gasteiger partial charge in [0.2, 0.25) is 5.95 Å². The van der Waals surface area contributed by atoms with Crippen molar-refractivity contribution in [3.63, 3.8) is 0 Å². The smallest absolute Gasteiger partial charge is 0.224 e. The van der Waals surface area contributed by atoms with Gasteiger partial charge in [0.05, 0.1) is 6.61 Å². The van der Waals surface area contributed by atoms with Crippen LogP contribution in [0.5, 0.6) is 0 Å². The Labute approximate surface area is 125 Å². The molecule has 1 aromatic carbocycles. The van der Waals surface area contributed by atoms with Crippen LogP contribution in [0.2, 0.25) is 0 Å². The van der Waals surface area contributed by atoms with E-state index in [-0.39, 0.29) is 0 Å².